The summed E-state index contributed by atoms with van der Waals surface area (Å²) in [6.07, 6.45) is 14.9. The molecule has 28 heavy (non-hydrogen) atoms. The molecule has 0 radical (unpaired) electrons. The predicted octanol–water partition coefficient (Wildman–Crippen LogP) is 3.40. The molecule has 2 bridgehead atoms. The molecule has 4 fully saturated rings. The first-order valence-corrected chi connectivity index (χ1v) is 11.4. The Balaban J connectivity index is 1.31. The van der Waals surface area contributed by atoms with Crippen molar-refractivity contribution in [2.24, 2.45) is 11.8 Å². The molecule has 0 unspecified atom stereocenters. The lowest BCUT2D eigenvalue weighted by atomic mass is 9.75. The van der Waals surface area contributed by atoms with Crippen LogP contribution in [-0.4, -0.2) is 51.9 Å². The molecule has 4 aliphatic rings. The standard InChI is InChI=1S/C23H33N3O2/c27-21-8-6-7-20-19-13-18(16-26(20)21)15-24(17-19)22(28)14-23(9-2-1-3-10-23)25-11-4-5-12-25/h4-5,11-12,18-20H,1-3,6-10,13-17H2/t18-,19+,20-/m1/s1. The highest BCUT2D eigenvalue weighted by Gasteiger charge is 2.46. The van der Waals surface area contributed by atoms with Crippen LogP contribution in [0.1, 0.15) is 64.2 Å². The highest BCUT2D eigenvalue weighted by molar-refractivity contribution is 5.79. The number of likely N-dealkylation sites (tertiary alicyclic amines) is 1. The highest BCUT2D eigenvalue weighted by atomic mass is 16.2. The number of amides is 2. The smallest absolute Gasteiger partial charge is 0.224 e. The maximum absolute atomic E-state index is 13.5. The summed E-state index contributed by atoms with van der Waals surface area (Å²) in [6, 6.07) is 4.54. The van der Waals surface area contributed by atoms with Gasteiger partial charge in [0.2, 0.25) is 11.8 Å². The molecular weight excluding hydrogens is 350 g/mol. The van der Waals surface area contributed by atoms with E-state index in [1.807, 2.05) is 0 Å². The number of hydrogen-bond acceptors (Lipinski definition) is 2. The van der Waals surface area contributed by atoms with Gasteiger partial charge in [-0.05, 0) is 56.1 Å². The van der Waals surface area contributed by atoms with E-state index in [1.165, 1.54) is 25.7 Å². The molecule has 5 heteroatoms. The normalized spacial score (nSPS) is 32.1. The summed E-state index contributed by atoms with van der Waals surface area (Å²) < 4.78 is 2.32. The van der Waals surface area contributed by atoms with Gasteiger partial charge in [0.25, 0.3) is 0 Å². The fourth-order valence-corrected chi connectivity index (χ4v) is 6.59. The molecule has 0 aromatic carbocycles. The zero-order valence-electron chi connectivity index (χ0n) is 16.9. The zero-order valence-corrected chi connectivity index (χ0v) is 16.9. The molecule has 1 aromatic heterocycles. The number of carbonyl (C=O) groups excluding carboxylic acids is 2. The molecule has 1 aliphatic carbocycles. The van der Waals surface area contributed by atoms with Crippen LogP contribution >= 0.6 is 0 Å². The van der Waals surface area contributed by atoms with Crippen molar-refractivity contribution in [2.75, 3.05) is 19.6 Å². The molecule has 152 valence electrons. The Morgan fingerprint density at radius 3 is 2.61 bits per heavy atom. The van der Waals surface area contributed by atoms with Gasteiger partial charge in [-0.15, -0.1) is 0 Å². The van der Waals surface area contributed by atoms with Gasteiger partial charge in [0.05, 0.1) is 12.0 Å². The van der Waals surface area contributed by atoms with Gasteiger partial charge in [-0.3, -0.25) is 9.59 Å². The Labute approximate surface area is 168 Å². The predicted molar refractivity (Wildman–Crippen MR) is 108 cm³/mol. The van der Waals surface area contributed by atoms with E-state index in [2.05, 4.69) is 38.9 Å². The van der Waals surface area contributed by atoms with E-state index < -0.39 is 0 Å². The van der Waals surface area contributed by atoms with E-state index in [0.29, 0.717) is 36.1 Å². The summed E-state index contributed by atoms with van der Waals surface area (Å²) in [5, 5.41) is 0. The average molecular weight is 384 g/mol. The third-order valence-electron chi connectivity index (χ3n) is 7.95. The molecule has 1 saturated carbocycles. The summed E-state index contributed by atoms with van der Waals surface area (Å²) in [7, 11) is 0. The van der Waals surface area contributed by atoms with Gasteiger partial charge >= 0.3 is 0 Å². The number of fused-ring (bicyclic) bond motifs is 4. The molecule has 2 amide bonds. The van der Waals surface area contributed by atoms with Gasteiger partial charge in [0.15, 0.2) is 0 Å². The molecule has 0 spiro atoms. The Kier molecular flexibility index (Phi) is 4.72. The molecule has 3 aliphatic heterocycles. The fraction of sp³-hybridized carbons (Fsp3) is 0.739. The minimum atomic E-state index is -0.0295. The molecule has 5 nitrogen and oxygen atoms in total. The number of hydrogen-bond donors (Lipinski definition) is 0. The first-order valence-electron chi connectivity index (χ1n) is 11.4. The maximum Gasteiger partial charge on any atom is 0.224 e. The van der Waals surface area contributed by atoms with E-state index >= 15 is 0 Å². The van der Waals surface area contributed by atoms with E-state index in [0.717, 1.165) is 51.7 Å². The lowest BCUT2D eigenvalue weighted by Crippen LogP contribution is -2.61. The number of aromatic nitrogens is 1. The van der Waals surface area contributed by atoms with Crippen LogP contribution in [-0.2, 0) is 15.1 Å². The quantitative estimate of drug-likeness (QED) is 0.803. The van der Waals surface area contributed by atoms with Crippen LogP contribution < -0.4 is 0 Å². The van der Waals surface area contributed by atoms with Crippen LogP contribution in [0.15, 0.2) is 24.5 Å². The van der Waals surface area contributed by atoms with Crippen LogP contribution in [0.5, 0.6) is 0 Å². The second kappa shape index (κ2) is 7.23. The SMILES string of the molecule is O=C(CC1(n2cccc2)CCCCC1)N1C[C@H]2C[C@@H](C1)[C@H]1CCCC(=O)N1C2. The van der Waals surface area contributed by atoms with Crippen molar-refractivity contribution >= 4 is 11.8 Å². The van der Waals surface area contributed by atoms with Crippen LogP contribution in [0.4, 0.5) is 0 Å². The maximum atomic E-state index is 13.5. The summed E-state index contributed by atoms with van der Waals surface area (Å²) in [5.41, 5.74) is -0.0295. The van der Waals surface area contributed by atoms with Gasteiger partial charge in [-0.25, -0.2) is 0 Å². The van der Waals surface area contributed by atoms with E-state index in [9.17, 15) is 9.59 Å². The van der Waals surface area contributed by atoms with Crippen LogP contribution in [0.25, 0.3) is 0 Å². The molecular formula is C23H33N3O2. The third kappa shape index (κ3) is 3.17. The summed E-state index contributed by atoms with van der Waals surface area (Å²) in [5.74, 6) is 1.63. The van der Waals surface area contributed by atoms with E-state index in [1.54, 1.807) is 0 Å². The third-order valence-corrected chi connectivity index (χ3v) is 7.95. The summed E-state index contributed by atoms with van der Waals surface area (Å²) >= 11 is 0. The highest BCUT2D eigenvalue weighted by Crippen LogP contribution is 2.41. The molecule has 1 aromatic rings. The number of rotatable bonds is 3. The lowest BCUT2D eigenvalue weighted by molar-refractivity contribution is -0.149. The van der Waals surface area contributed by atoms with E-state index in [-0.39, 0.29) is 5.54 Å². The minimum absolute atomic E-state index is 0.0295. The fourth-order valence-electron chi connectivity index (χ4n) is 6.59. The molecule has 3 atom stereocenters. The Hall–Kier alpha value is -1.78. The molecule has 4 heterocycles. The zero-order chi connectivity index (χ0) is 19.1. The van der Waals surface area contributed by atoms with Gasteiger partial charge in [-0.1, -0.05) is 19.3 Å². The molecule has 3 saturated heterocycles. The minimum Gasteiger partial charge on any atom is -0.348 e. The van der Waals surface area contributed by atoms with Crippen molar-refractivity contribution in [1.29, 1.82) is 0 Å². The topological polar surface area (TPSA) is 45.6 Å². The van der Waals surface area contributed by atoms with Gasteiger partial charge in [-0.2, -0.15) is 0 Å². The van der Waals surface area contributed by atoms with Crippen molar-refractivity contribution < 1.29 is 9.59 Å². The van der Waals surface area contributed by atoms with E-state index in [4.69, 9.17) is 0 Å². The Morgan fingerprint density at radius 1 is 1.04 bits per heavy atom. The van der Waals surface area contributed by atoms with Crippen LogP contribution in [0, 0.1) is 11.8 Å². The van der Waals surface area contributed by atoms with Crippen molar-refractivity contribution in [2.45, 2.75) is 75.8 Å². The monoisotopic (exact) mass is 383 g/mol. The van der Waals surface area contributed by atoms with Gasteiger partial charge < -0.3 is 14.4 Å². The van der Waals surface area contributed by atoms with Crippen molar-refractivity contribution in [3.63, 3.8) is 0 Å². The van der Waals surface area contributed by atoms with Crippen molar-refractivity contribution in [3.05, 3.63) is 24.5 Å². The van der Waals surface area contributed by atoms with Gasteiger partial charge in [0.1, 0.15) is 0 Å². The van der Waals surface area contributed by atoms with Crippen LogP contribution in [0.2, 0.25) is 0 Å². The van der Waals surface area contributed by atoms with Crippen molar-refractivity contribution in [3.8, 4) is 0 Å². The first kappa shape index (κ1) is 18.3. The molecule has 0 N–H and O–H groups in total. The Bertz CT molecular complexity index is 722. The second-order valence-corrected chi connectivity index (χ2v) is 9.72. The lowest BCUT2D eigenvalue weighted by Gasteiger charge is -2.52. The van der Waals surface area contributed by atoms with Crippen LogP contribution in [0.3, 0.4) is 0 Å². The summed E-state index contributed by atoms with van der Waals surface area (Å²) in [4.78, 5) is 30.1. The number of carbonyl (C=O) groups is 2. The summed E-state index contributed by atoms with van der Waals surface area (Å²) in [6.45, 7) is 2.56. The number of nitrogens with zero attached hydrogens (tertiary/aromatic N) is 3. The van der Waals surface area contributed by atoms with Crippen molar-refractivity contribution in [1.82, 2.24) is 14.4 Å². The molecule has 5 rings (SSSR count). The Morgan fingerprint density at radius 2 is 1.82 bits per heavy atom. The number of piperidine rings is 3. The largest absolute Gasteiger partial charge is 0.348 e. The van der Waals surface area contributed by atoms with Gasteiger partial charge in [0, 0.05) is 44.5 Å². The average Bonchev–Trinajstić information content (AvgIpc) is 3.25. The first-order chi connectivity index (χ1) is 13.6. The second-order valence-electron chi connectivity index (χ2n) is 9.72.